The van der Waals surface area contributed by atoms with Crippen LogP contribution in [0.3, 0.4) is 0 Å². The molecule has 0 aliphatic carbocycles. The second-order valence-corrected chi connectivity index (χ2v) is 6.39. The van der Waals surface area contributed by atoms with Gasteiger partial charge < -0.3 is 0 Å². The summed E-state index contributed by atoms with van der Waals surface area (Å²) in [7, 11) is 0. The Hall–Kier alpha value is -0.480. The second kappa shape index (κ2) is 19.5. The predicted octanol–water partition coefficient (Wildman–Crippen LogP) is 7.98. The summed E-state index contributed by atoms with van der Waals surface area (Å²) in [6.45, 7) is 4.56. The predicted molar refractivity (Wildman–Crippen MR) is 97.9 cm³/mol. The van der Waals surface area contributed by atoms with Crippen LogP contribution in [0, 0.1) is 0 Å². The molecule has 0 aliphatic rings. The van der Waals surface area contributed by atoms with E-state index in [0.29, 0.717) is 0 Å². The Morgan fingerprint density at radius 2 is 0.810 bits per heavy atom. The lowest BCUT2D eigenvalue weighted by atomic mass is 10.1. The van der Waals surface area contributed by atoms with Crippen LogP contribution < -0.4 is 0 Å². The van der Waals surface area contributed by atoms with Crippen molar-refractivity contribution in [3.05, 3.63) is 17.9 Å². The van der Waals surface area contributed by atoms with E-state index in [4.69, 9.17) is 0 Å². The summed E-state index contributed by atoms with van der Waals surface area (Å²) in [6.07, 6.45) is 26.6. The van der Waals surface area contributed by atoms with E-state index in [9.17, 15) is 0 Å². The average molecular weight is 293 g/mol. The first-order chi connectivity index (χ1) is 10.4. The zero-order valence-electron chi connectivity index (χ0n) is 15.0. The molecule has 0 amide bonds. The van der Waals surface area contributed by atoms with E-state index >= 15 is 0 Å². The molecular formula is C21H40. The van der Waals surface area contributed by atoms with E-state index in [2.05, 4.69) is 31.7 Å². The standard InChI is InChI=1S/C21H40/c1-3-5-7-9-11-13-15-17-19-21-20-18-16-14-12-10-8-6-4-2/h19-20H,3-18H2,1-2H3. The molecule has 0 saturated heterocycles. The molecule has 0 spiro atoms. The molecule has 0 aromatic rings. The minimum absolute atomic E-state index is 1.22. The molecular weight excluding hydrogens is 252 g/mol. The Balaban J connectivity index is 3.15. The molecule has 0 nitrogen and oxygen atoms in total. The molecule has 0 aliphatic heterocycles. The highest BCUT2D eigenvalue weighted by atomic mass is 14.0. The molecule has 0 N–H and O–H groups in total. The van der Waals surface area contributed by atoms with Crippen LogP contribution >= 0.6 is 0 Å². The van der Waals surface area contributed by atoms with Gasteiger partial charge in [0.1, 0.15) is 0 Å². The molecule has 0 atom stereocenters. The number of rotatable bonds is 16. The van der Waals surface area contributed by atoms with Gasteiger partial charge in [-0.25, -0.2) is 0 Å². The third-order valence-electron chi connectivity index (χ3n) is 4.14. The lowest BCUT2D eigenvalue weighted by molar-refractivity contribution is 0.591. The van der Waals surface area contributed by atoms with Gasteiger partial charge in [-0.1, -0.05) is 90.9 Å². The Morgan fingerprint density at radius 1 is 0.476 bits per heavy atom. The molecule has 0 aromatic heterocycles. The smallest absolute Gasteiger partial charge is 0.0274 e. The van der Waals surface area contributed by atoms with Crippen LogP contribution in [-0.2, 0) is 0 Å². The van der Waals surface area contributed by atoms with Crippen LogP contribution in [0.25, 0.3) is 0 Å². The molecule has 0 rings (SSSR count). The summed E-state index contributed by atoms with van der Waals surface area (Å²) in [5.41, 5.74) is 3.36. The van der Waals surface area contributed by atoms with Crippen molar-refractivity contribution in [2.45, 2.75) is 117 Å². The fraction of sp³-hybridized carbons (Fsp3) is 0.857. The first-order valence-corrected chi connectivity index (χ1v) is 9.81. The van der Waals surface area contributed by atoms with Gasteiger partial charge >= 0.3 is 0 Å². The van der Waals surface area contributed by atoms with Crippen molar-refractivity contribution in [3.8, 4) is 0 Å². The highest BCUT2D eigenvalue weighted by Gasteiger charge is 1.90. The van der Waals surface area contributed by atoms with Gasteiger partial charge in [-0.2, -0.15) is 0 Å². The topological polar surface area (TPSA) is 0 Å². The Kier molecular flexibility index (Phi) is 19.1. The summed E-state index contributed by atoms with van der Waals surface area (Å²) < 4.78 is 0. The maximum Gasteiger partial charge on any atom is -0.0274 e. The van der Waals surface area contributed by atoms with Crippen LogP contribution in [0.4, 0.5) is 0 Å². The average Bonchev–Trinajstić information content (AvgIpc) is 2.50. The van der Waals surface area contributed by atoms with Crippen molar-refractivity contribution < 1.29 is 0 Å². The van der Waals surface area contributed by atoms with Gasteiger partial charge in [-0.05, 0) is 37.8 Å². The second-order valence-electron chi connectivity index (χ2n) is 6.39. The molecule has 0 aromatic carbocycles. The van der Waals surface area contributed by atoms with E-state index in [0.717, 1.165) is 0 Å². The van der Waals surface area contributed by atoms with Gasteiger partial charge in [0.15, 0.2) is 0 Å². The normalized spacial score (nSPS) is 10.4. The zero-order chi connectivity index (χ0) is 15.4. The van der Waals surface area contributed by atoms with E-state index in [1.54, 1.807) is 0 Å². The van der Waals surface area contributed by atoms with Crippen LogP contribution in [0.5, 0.6) is 0 Å². The SMILES string of the molecule is CCCCCCCCCC=C=CCCCCCCCCC. The van der Waals surface area contributed by atoms with E-state index in [1.165, 1.54) is 103 Å². The zero-order valence-corrected chi connectivity index (χ0v) is 15.0. The van der Waals surface area contributed by atoms with Gasteiger partial charge in [0, 0.05) is 0 Å². The van der Waals surface area contributed by atoms with Gasteiger partial charge in [-0.3, -0.25) is 0 Å². The van der Waals surface area contributed by atoms with Crippen molar-refractivity contribution in [1.29, 1.82) is 0 Å². The van der Waals surface area contributed by atoms with Gasteiger partial charge in [0.25, 0.3) is 0 Å². The van der Waals surface area contributed by atoms with Crippen LogP contribution in [-0.4, -0.2) is 0 Å². The highest BCUT2D eigenvalue weighted by Crippen LogP contribution is 2.09. The largest absolute Gasteiger partial charge is 0.130 e. The molecule has 0 saturated carbocycles. The fourth-order valence-electron chi connectivity index (χ4n) is 2.66. The molecule has 124 valence electrons. The number of hydrogen-bond donors (Lipinski definition) is 0. The molecule has 0 unspecified atom stereocenters. The Labute approximate surface area is 135 Å². The minimum atomic E-state index is 1.22. The Bertz CT molecular complexity index is 210. The summed E-state index contributed by atoms with van der Waals surface area (Å²) in [5, 5.41) is 0. The van der Waals surface area contributed by atoms with Crippen molar-refractivity contribution in [2.75, 3.05) is 0 Å². The minimum Gasteiger partial charge on any atom is -0.130 e. The first kappa shape index (κ1) is 20.5. The van der Waals surface area contributed by atoms with Crippen molar-refractivity contribution >= 4 is 0 Å². The maximum atomic E-state index is 3.36. The lowest BCUT2D eigenvalue weighted by Crippen LogP contribution is -1.79. The summed E-state index contributed by atoms with van der Waals surface area (Å²) in [4.78, 5) is 0. The third-order valence-corrected chi connectivity index (χ3v) is 4.14. The van der Waals surface area contributed by atoms with Gasteiger partial charge in [-0.15, -0.1) is 5.73 Å². The van der Waals surface area contributed by atoms with Crippen LogP contribution in [0.15, 0.2) is 17.9 Å². The molecule has 0 radical (unpaired) electrons. The van der Waals surface area contributed by atoms with Gasteiger partial charge in [0.05, 0.1) is 0 Å². The lowest BCUT2D eigenvalue weighted by Gasteiger charge is -1.98. The maximum absolute atomic E-state index is 3.36. The molecule has 0 heterocycles. The first-order valence-electron chi connectivity index (χ1n) is 9.81. The molecule has 21 heavy (non-hydrogen) atoms. The van der Waals surface area contributed by atoms with E-state index in [1.807, 2.05) is 0 Å². The Morgan fingerprint density at radius 3 is 1.19 bits per heavy atom. The van der Waals surface area contributed by atoms with Crippen LogP contribution in [0.1, 0.15) is 117 Å². The molecule has 0 bridgehead atoms. The highest BCUT2D eigenvalue weighted by molar-refractivity contribution is 4.84. The van der Waals surface area contributed by atoms with Gasteiger partial charge in [0.2, 0.25) is 0 Å². The summed E-state index contributed by atoms with van der Waals surface area (Å²) >= 11 is 0. The fourth-order valence-corrected chi connectivity index (χ4v) is 2.66. The number of hydrogen-bond acceptors (Lipinski definition) is 0. The number of allylic oxidation sites excluding steroid dienone is 1. The van der Waals surface area contributed by atoms with Crippen LogP contribution in [0.2, 0.25) is 0 Å². The van der Waals surface area contributed by atoms with Crippen molar-refractivity contribution in [3.63, 3.8) is 0 Å². The van der Waals surface area contributed by atoms with Crippen molar-refractivity contribution in [2.24, 2.45) is 0 Å². The van der Waals surface area contributed by atoms with Crippen molar-refractivity contribution in [1.82, 2.24) is 0 Å². The monoisotopic (exact) mass is 292 g/mol. The molecule has 0 fully saturated rings. The third kappa shape index (κ3) is 19.5. The summed E-state index contributed by atoms with van der Waals surface area (Å²) in [6, 6.07) is 0. The number of unbranched alkanes of at least 4 members (excludes halogenated alkanes) is 14. The molecule has 0 heteroatoms. The summed E-state index contributed by atoms with van der Waals surface area (Å²) in [5.74, 6) is 0. The van der Waals surface area contributed by atoms with E-state index in [-0.39, 0.29) is 0 Å². The quantitative estimate of drug-likeness (QED) is 0.200. The van der Waals surface area contributed by atoms with E-state index < -0.39 is 0 Å².